The standard InChI is InChI=1S/C23H24N2O2/c1-4-19-7-5-6-8-22(19)25-16(2)13-21(17(25)3)15-24-14-18-9-11-20(12-10-18)23(26)27/h5-13,15H,4,14H2,1-3H3,(H,26,27). The average molecular weight is 360 g/mol. The second-order valence-corrected chi connectivity index (χ2v) is 6.62. The molecule has 0 spiro atoms. The highest BCUT2D eigenvalue weighted by molar-refractivity contribution is 5.87. The van der Waals surface area contributed by atoms with Crippen molar-refractivity contribution in [2.45, 2.75) is 33.7 Å². The number of para-hydroxylation sites is 1. The molecule has 1 aromatic heterocycles. The van der Waals surface area contributed by atoms with Crippen molar-refractivity contribution in [2.24, 2.45) is 4.99 Å². The Balaban J connectivity index is 1.82. The van der Waals surface area contributed by atoms with Gasteiger partial charge in [-0.2, -0.15) is 0 Å². The Kier molecular flexibility index (Phi) is 5.55. The van der Waals surface area contributed by atoms with E-state index in [1.54, 1.807) is 12.1 Å². The van der Waals surface area contributed by atoms with Crippen molar-refractivity contribution in [1.82, 2.24) is 4.57 Å². The zero-order chi connectivity index (χ0) is 19.4. The molecule has 0 saturated carbocycles. The summed E-state index contributed by atoms with van der Waals surface area (Å²) in [6.45, 7) is 6.92. The molecule has 0 aliphatic carbocycles. The molecule has 4 nitrogen and oxygen atoms in total. The lowest BCUT2D eigenvalue weighted by molar-refractivity contribution is 0.0697. The van der Waals surface area contributed by atoms with Crippen molar-refractivity contribution in [3.63, 3.8) is 0 Å². The van der Waals surface area contributed by atoms with Gasteiger partial charge in [0.05, 0.1) is 12.1 Å². The van der Waals surface area contributed by atoms with Crippen LogP contribution in [0.1, 0.15) is 45.4 Å². The Hall–Kier alpha value is -3.14. The molecule has 3 rings (SSSR count). The van der Waals surface area contributed by atoms with Crippen LogP contribution in [0.25, 0.3) is 5.69 Å². The number of carboxylic acid groups (broad SMARTS) is 1. The number of benzene rings is 2. The van der Waals surface area contributed by atoms with Gasteiger partial charge in [0.15, 0.2) is 0 Å². The highest BCUT2D eigenvalue weighted by Gasteiger charge is 2.11. The van der Waals surface area contributed by atoms with Gasteiger partial charge in [0.1, 0.15) is 0 Å². The maximum Gasteiger partial charge on any atom is 0.335 e. The molecule has 0 saturated heterocycles. The number of aryl methyl sites for hydroxylation is 2. The summed E-state index contributed by atoms with van der Waals surface area (Å²) >= 11 is 0. The van der Waals surface area contributed by atoms with Crippen LogP contribution in [0.4, 0.5) is 0 Å². The van der Waals surface area contributed by atoms with Gasteiger partial charge < -0.3 is 9.67 Å². The van der Waals surface area contributed by atoms with Crippen LogP contribution in [0.15, 0.2) is 59.6 Å². The van der Waals surface area contributed by atoms with Crippen molar-refractivity contribution in [1.29, 1.82) is 0 Å². The Morgan fingerprint density at radius 3 is 2.48 bits per heavy atom. The first kappa shape index (κ1) is 18.6. The summed E-state index contributed by atoms with van der Waals surface area (Å²) in [5.74, 6) is -0.912. The lowest BCUT2D eigenvalue weighted by atomic mass is 10.1. The number of aromatic carboxylic acids is 1. The largest absolute Gasteiger partial charge is 0.478 e. The summed E-state index contributed by atoms with van der Waals surface area (Å²) in [6.07, 6.45) is 2.89. The number of aliphatic imine (C=N–C) groups is 1. The van der Waals surface area contributed by atoms with E-state index in [0.717, 1.165) is 17.5 Å². The second-order valence-electron chi connectivity index (χ2n) is 6.62. The third-order valence-corrected chi connectivity index (χ3v) is 4.79. The zero-order valence-electron chi connectivity index (χ0n) is 15.9. The van der Waals surface area contributed by atoms with Gasteiger partial charge in [-0.15, -0.1) is 0 Å². The molecule has 0 unspecified atom stereocenters. The minimum absolute atomic E-state index is 0.292. The van der Waals surface area contributed by atoms with Gasteiger partial charge in [0.25, 0.3) is 0 Å². The van der Waals surface area contributed by atoms with Gasteiger partial charge in [-0.3, -0.25) is 4.99 Å². The summed E-state index contributed by atoms with van der Waals surface area (Å²) in [5.41, 5.74) is 7.27. The van der Waals surface area contributed by atoms with Gasteiger partial charge in [-0.1, -0.05) is 37.3 Å². The fraction of sp³-hybridized carbons (Fsp3) is 0.217. The van der Waals surface area contributed by atoms with Crippen molar-refractivity contribution in [2.75, 3.05) is 0 Å². The summed E-state index contributed by atoms with van der Waals surface area (Å²) < 4.78 is 2.28. The lowest BCUT2D eigenvalue weighted by Crippen LogP contribution is -2.03. The maximum absolute atomic E-state index is 10.9. The first-order chi connectivity index (χ1) is 13.0. The molecule has 1 heterocycles. The number of hydrogen-bond acceptors (Lipinski definition) is 2. The first-order valence-corrected chi connectivity index (χ1v) is 9.10. The van der Waals surface area contributed by atoms with Crippen molar-refractivity contribution in [3.05, 3.63) is 88.2 Å². The first-order valence-electron chi connectivity index (χ1n) is 9.10. The van der Waals surface area contributed by atoms with Crippen LogP contribution < -0.4 is 0 Å². The lowest BCUT2D eigenvalue weighted by Gasteiger charge is -2.13. The SMILES string of the molecule is CCc1ccccc1-n1c(C)cc(C=NCc2ccc(C(=O)O)cc2)c1C. The molecule has 4 heteroatoms. The third kappa shape index (κ3) is 4.00. The predicted octanol–water partition coefficient (Wildman–Crippen LogP) is 4.97. The van der Waals surface area contributed by atoms with E-state index in [1.807, 2.05) is 18.3 Å². The fourth-order valence-corrected chi connectivity index (χ4v) is 3.32. The highest BCUT2D eigenvalue weighted by Crippen LogP contribution is 2.23. The average Bonchev–Trinajstić information content (AvgIpc) is 2.95. The Bertz CT molecular complexity index is 982. The molecular formula is C23H24N2O2. The van der Waals surface area contributed by atoms with E-state index < -0.39 is 5.97 Å². The van der Waals surface area contributed by atoms with E-state index >= 15 is 0 Å². The predicted molar refractivity (Wildman–Crippen MR) is 109 cm³/mol. The Morgan fingerprint density at radius 2 is 1.81 bits per heavy atom. The second kappa shape index (κ2) is 8.04. The van der Waals surface area contributed by atoms with Gasteiger partial charge in [0.2, 0.25) is 0 Å². The van der Waals surface area contributed by atoms with Crippen LogP contribution in [-0.2, 0) is 13.0 Å². The number of nitrogens with zero attached hydrogens (tertiary/aromatic N) is 2. The molecule has 0 aliphatic heterocycles. The smallest absolute Gasteiger partial charge is 0.335 e. The highest BCUT2D eigenvalue weighted by atomic mass is 16.4. The van der Waals surface area contributed by atoms with Crippen LogP contribution in [0.5, 0.6) is 0 Å². The molecule has 1 N–H and O–H groups in total. The Labute approximate surface area is 159 Å². The van der Waals surface area contributed by atoms with E-state index in [0.29, 0.717) is 12.1 Å². The summed E-state index contributed by atoms with van der Waals surface area (Å²) in [6, 6.07) is 17.5. The normalized spacial score (nSPS) is 11.2. The Morgan fingerprint density at radius 1 is 1.11 bits per heavy atom. The monoisotopic (exact) mass is 360 g/mol. The summed E-state index contributed by atoms with van der Waals surface area (Å²) in [4.78, 5) is 15.5. The molecule has 0 fully saturated rings. The number of rotatable bonds is 6. The number of hydrogen-bond donors (Lipinski definition) is 1. The van der Waals surface area contributed by atoms with E-state index in [4.69, 9.17) is 5.11 Å². The molecule has 2 aromatic carbocycles. The van der Waals surface area contributed by atoms with Crippen molar-refractivity contribution < 1.29 is 9.90 Å². The molecule has 0 atom stereocenters. The van der Waals surface area contributed by atoms with Crippen LogP contribution in [0.2, 0.25) is 0 Å². The molecule has 138 valence electrons. The van der Waals surface area contributed by atoms with E-state index in [-0.39, 0.29) is 0 Å². The maximum atomic E-state index is 10.9. The summed E-state index contributed by atoms with van der Waals surface area (Å²) in [7, 11) is 0. The van der Waals surface area contributed by atoms with Crippen molar-refractivity contribution >= 4 is 12.2 Å². The summed E-state index contributed by atoms with van der Waals surface area (Å²) in [5, 5.41) is 8.96. The van der Waals surface area contributed by atoms with E-state index in [1.165, 1.54) is 22.6 Å². The van der Waals surface area contributed by atoms with E-state index in [2.05, 4.69) is 60.7 Å². The van der Waals surface area contributed by atoms with E-state index in [9.17, 15) is 4.79 Å². The van der Waals surface area contributed by atoms with Crippen LogP contribution in [0, 0.1) is 13.8 Å². The topological polar surface area (TPSA) is 54.6 Å². The molecular weight excluding hydrogens is 336 g/mol. The molecule has 3 aromatic rings. The quantitative estimate of drug-likeness (QED) is 0.631. The van der Waals surface area contributed by atoms with Crippen LogP contribution in [-0.4, -0.2) is 21.9 Å². The molecule has 0 bridgehead atoms. The molecule has 0 aliphatic rings. The molecule has 27 heavy (non-hydrogen) atoms. The van der Waals surface area contributed by atoms with Gasteiger partial charge >= 0.3 is 5.97 Å². The van der Waals surface area contributed by atoms with Crippen LogP contribution in [0.3, 0.4) is 0 Å². The van der Waals surface area contributed by atoms with Crippen molar-refractivity contribution in [3.8, 4) is 5.69 Å². The number of aromatic nitrogens is 1. The van der Waals surface area contributed by atoms with Gasteiger partial charge in [-0.05, 0) is 55.7 Å². The minimum Gasteiger partial charge on any atom is -0.478 e. The minimum atomic E-state index is -0.912. The van der Waals surface area contributed by atoms with Gasteiger partial charge in [0, 0.05) is 28.9 Å². The molecule has 0 radical (unpaired) electrons. The number of carbonyl (C=O) groups is 1. The fourth-order valence-electron chi connectivity index (χ4n) is 3.32. The zero-order valence-corrected chi connectivity index (χ0v) is 15.9. The van der Waals surface area contributed by atoms with Gasteiger partial charge in [-0.25, -0.2) is 4.79 Å². The third-order valence-electron chi connectivity index (χ3n) is 4.79. The van der Waals surface area contributed by atoms with Crippen LogP contribution >= 0.6 is 0 Å². The molecule has 0 amide bonds. The number of carboxylic acids is 1.